The van der Waals surface area contributed by atoms with Crippen LogP contribution in [0, 0.1) is 0 Å². The lowest BCUT2D eigenvalue weighted by Crippen LogP contribution is -2.16. The number of benzene rings is 2. The Balaban J connectivity index is 1.60. The molecule has 0 radical (unpaired) electrons. The average molecular weight is 402 g/mol. The lowest BCUT2D eigenvalue weighted by molar-refractivity contribution is -0.113. The molecule has 24 heavy (non-hydrogen) atoms. The quantitative estimate of drug-likeness (QED) is 0.621. The molecule has 1 heterocycles. The Morgan fingerprint density at radius 1 is 1.12 bits per heavy atom. The van der Waals surface area contributed by atoms with Crippen LogP contribution in [-0.2, 0) is 11.3 Å². The molecule has 0 spiro atoms. The van der Waals surface area contributed by atoms with Gasteiger partial charge in [-0.25, -0.2) is 0 Å². The predicted molar refractivity (Wildman–Crippen MR) is 101 cm³/mol. The molecule has 0 saturated heterocycles. The molecule has 0 aliphatic carbocycles. The summed E-state index contributed by atoms with van der Waals surface area (Å²) in [6.45, 7) is 0.628. The summed E-state index contributed by atoms with van der Waals surface area (Å²) >= 11 is 4.92. The van der Waals surface area contributed by atoms with E-state index in [0.717, 1.165) is 20.6 Å². The number of halogens is 1. The summed E-state index contributed by atoms with van der Waals surface area (Å²) in [4.78, 5) is 13.3. The topological polar surface area (TPSA) is 46.9 Å². The van der Waals surface area contributed by atoms with Gasteiger partial charge in [-0.05, 0) is 42.0 Å². The number of carbonyl (C=O) groups is 1. The second-order valence-corrected chi connectivity index (χ2v) is 7.12. The smallest absolute Gasteiger partial charge is 0.234 e. The van der Waals surface area contributed by atoms with E-state index >= 15 is 0 Å². The summed E-state index contributed by atoms with van der Waals surface area (Å²) in [6.07, 6.45) is 3.65. The number of hydrogen-bond acceptors (Lipinski definition) is 3. The predicted octanol–water partition coefficient (Wildman–Crippen LogP) is 4.42. The van der Waals surface area contributed by atoms with Crippen LogP contribution >= 0.6 is 27.7 Å². The second kappa shape index (κ2) is 8.17. The van der Waals surface area contributed by atoms with Crippen molar-refractivity contribution < 1.29 is 4.79 Å². The third-order valence-electron chi connectivity index (χ3n) is 3.37. The fourth-order valence-electron chi connectivity index (χ4n) is 2.21. The summed E-state index contributed by atoms with van der Waals surface area (Å²) < 4.78 is 2.87. The number of nitrogens with zero attached hydrogens (tertiary/aromatic N) is 2. The SMILES string of the molecule is O=C(CSc1ccc(Br)cc1)Nc1ccccc1Cn1cccn1. The van der Waals surface area contributed by atoms with Gasteiger partial charge in [0.1, 0.15) is 0 Å². The molecule has 0 fully saturated rings. The maximum Gasteiger partial charge on any atom is 0.234 e. The summed E-state index contributed by atoms with van der Waals surface area (Å²) in [5.41, 5.74) is 1.86. The molecule has 0 aliphatic heterocycles. The summed E-state index contributed by atoms with van der Waals surface area (Å²) in [6, 6.07) is 17.6. The molecule has 4 nitrogen and oxygen atoms in total. The Morgan fingerprint density at radius 3 is 2.67 bits per heavy atom. The maximum absolute atomic E-state index is 12.2. The summed E-state index contributed by atoms with van der Waals surface area (Å²) in [5, 5.41) is 7.21. The summed E-state index contributed by atoms with van der Waals surface area (Å²) in [7, 11) is 0. The van der Waals surface area contributed by atoms with Crippen LogP contribution in [0.3, 0.4) is 0 Å². The van der Waals surface area contributed by atoms with Gasteiger partial charge in [-0.15, -0.1) is 11.8 Å². The first kappa shape index (κ1) is 16.8. The van der Waals surface area contributed by atoms with E-state index in [1.54, 1.807) is 6.20 Å². The first-order chi connectivity index (χ1) is 11.7. The number of thioether (sulfide) groups is 1. The van der Waals surface area contributed by atoms with Gasteiger partial charge in [0.2, 0.25) is 5.91 Å². The average Bonchev–Trinajstić information content (AvgIpc) is 3.09. The number of nitrogens with one attached hydrogen (secondary N) is 1. The van der Waals surface area contributed by atoms with E-state index in [-0.39, 0.29) is 5.91 Å². The van der Waals surface area contributed by atoms with Crippen LogP contribution in [0.2, 0.25) is 0 Å². The van der Waals surface area contributed by atoms with Crippen LogP contribution in [0.25, 0.3) is 0 Å². The summed E-state index contributed by atoms with van der Waals surface area (Å²) in [5.74, 6) is 0.355. The van der Waals surface area contributed by atoms with Crippen molar-refractivity contribution in [1.82, 2.24) is 9.78 Å². The lowest BCUT2D eigenvalue weighted by atomic mass is 10.2. The lowest BCUT2D eigenvalue weighted by Gasteiger charge is -2.11. The van der Waals surface area contributed by atoms with Gasteiger partial charge in [0.25, 0.3) is 0 Å². The van der Waals surface area contributed by atoms with E-state index in [1.807, 2.05) is 65.5 Å². The van der Waals surface area contributed by atoms with Crippen LogP contribution in [0.5, 0.6) is 0 Å². The molecule has 2 aromatic carbocycles. The molecule has 1 amide bonds. The molecule has 122 valence electrons. The highest BCUT2D eigenvalue weighted by Crippen LogP contribution is 2.21. The van der Waals surface area contributed by atoms with Gasteiger partial charge in [0.05, 0.1) is 12.3 Å². The molecule has 3 aromatic rings. The van der Waals surface area contributed by atoms with Crippen LogP contribution in [-0.4, -0.2) is 21.4 Å². The van der Waals surface area contributed by atoms with E-state index < -0.39 is 0 Å². The largest absolute Gasteiger partial charge is 0.325 e. The zero-order chi connectivity index (χ0) is 16.8. The van der Waals surface area contributed by atoms with Crippen LogP contribution < -0.4 is 5.32 Å². The van der Waals surface area contributed by atoms with Gasteiger partial charge in [-0.2, -0.15) is 5.10 Å². The van der Waals surface area contributed by atoms with Crippen LogP contribution in [0.1, 0.15) is 5.56 Å². The van der Waals surface area contributed by atoms with Crippen molar-refractivity contribution in [3.05, 3.63) is 77.0 Å². The molecule has 0 aliphatic rings. The highest BCUT2D eigenvalue weighted by molar-refractivity contribution is 9.10. The highest BCUT2D eigenvalue weighted by atomic mass is 79.9. The minimum atomic E-state index is -0.0177. The van der Waals surface area contributed by atoms with Gasteiger partial charge in [0, 0.05) is 27.4 Å². The van der Waals surface area contributed by atoms with Crippen molar-refractivity contribution in [1.29, 1.82) is 0 Å². The van der Waals surface area contributed by atoms with Gasteiger partial charge in [0.15, 0.2) is 0 Å². The van der Waals surface area contributed by atoms with Crippen molar-refractivity contribution >= 4 is 39.3 Å². The molecule has 0 atom stereocenters. The number of carbonyl (C=O) groups excluding carboxylic acids is 1. The highest BCUT2D eigenvalue weighted by Gasteiger charge is 2.08. The zero-order valence-corrected chi connectivity index (χ0v) is 15.3. The van der Waals surface area contributed by atoms with Crippen LogP contribution in [0.4, 0.5) is 5.69 Å². The number of para-hydroxylation sites is 1. The minimum Gasteiger partial charge on any atom is -0.325 e. The van der Waals surface area contributed by atoms with Crippen LogP contribution in [0.15, 0.2) is 76.4 Å². The normalized spacial score (nSPS) is 10.5. The Bertz CT molecular complexity index is 803. The Labute approximate surface area is 153 Å². The number of hydrogen-bond donors (Lipinski definition) is 1. The Morgan fingerprint density at radius 2 is 1.92 bits per heavy atom. The van der Waals surface area contributed by atoms with E-state index in [4.69, 9.17) is 0 Å². The molecular formula is C18H16BrN3OS. The van der Waals surface area contributed by atoms with E-state index in [9.17, 15) is 4.79 Å². The molecular weight excluding hydrogens is 386 g/mol. The standard InChI is InChI=1S/C18H16BrN3OS/c19-15-6-8-16(9-7-15)24-13-18(23)21-17-5-2-1-4-14(17)12-22-11-3-10-20-22/h1-11H,12-13H2,(H,21,23). The first-order valence-electron chi connectivity index (χ1n) is 7.44. The number of aromatic nitrogens is 2. The molecule has 3 rings (SSSR count). The van der Waals surface area contributed by atoms with E-state index in [2.05, 4.69) is 26.3 Å². The molecule has 0 bridgehead atoms. The van der Waals surface area contributed by atoms with Crippen molar-refractivity contribution in [3.8, 4) is 0 Å². The third kappa shape index (κ3) is 4.72. The fourth-order valence-corrected chi connectivity index (χ4v) is 3.18. The maximum atomic E-state index is 12.2. The van der Waals surface area contributed by atoms with E-state index in [1.165, 1.54) is 11.8 Å². The Hall–Kier alpha value is -2.05. The zero-order valence-electron chi connectivity index (χ0n) is 12.9. The first-order valence-corrected chi connectivity index (χ1v) is 9.22. The van der Waals surface area contributed by atoms with E-state index in [0.29, 0.717) is 12.3 Å². The Kier molecular flexibility index (Phi) is 5.72. The molecule has 6 heteroatoms. The second-order valence-electron chi connectivity index (χ2n) is 5.15. The van der Waals surface area contributed by atoms with Crippen molar-refractivity contribution in [2.45, 2.75) is 11.4 Å². The minimum absolute atomic E-state index is 0.0177. The molecule has 0 unspecified atom stereocenters. The van der Waals surface area contributed by atoms with Crippen molar-refractivity contribution in [2.24, 2.45) is 0 Å². The monoisotopic (exact) mass is 401 g/mol. The number of rotatable bonds is 6. The van der Waals surface area contributed by atoms with Crippen molar-refractivity contribution in [2.75, 3.05) is 11.1 Å². The molecule has 0 saturated carbocycles. The van der Waals surface area contributed by atoms with Crippen molar-refractivity contribution in [3.63, 3.8) is 0 Å². The molecule has 1 N–H and O–H groups in total. The van der Waals surface area contributed by atoms with Gasteiger partial charge in [-0.1, -0.05) is 34.1 Å². The van der Waals surface area contributed by atoms with Gasteiger partial charge >= 0.3 is 0 Å². The third-order valence-corrected chi connectivity index (χ3v) is 4.91. The fraction of sp³-hybridized carbons (Fsp3) is 0.111. The number of anilines is 1. The molecule has 1 aromatic heterocycles. The van der Waals surface area contributed by atoms with Gasteiger partial charge < -0.3 is 5.32 Å². The number of amides is 1. The van der Waals surface area contributed by atoms with Gasteiger partial charge in [-0.3, -0.25) is 9.48 Å².